The van der Waals surface area contributed by atoms with Crippen molar-refractivity contribution >= 4 is 23.5 Å². The molecule has 1 amide bonds. The van der Waals surface area contributed by atoms with Crippen molar-refractivity contribution < 1.29 is 14.7 Å². The molecule has 0 unspecified atom stereocenters. The Bertz CT molecular complexity index is 497. The molecule has 0 bridgehead atoms. The van der Waals surface area contributed by atoms with Crippen LogP contribution in [0.2, 0.25) is 5.02 Å². The zero-order valence-corrected chi connectivity index (χ0v) is 11.2. The van der Waals surface area contributed by atoms with Crippen molar-refractivity contribution in [3.8, 4) is 0 Å². The summed E-state index contributed by atoms with van der Waals surface area (Å²) in [5.74, 6) is -1.02. The number of hydrogen-bond donors (Lipinski definition) is 2. The van der Waals surface area contributed by atoms with Gasteiger partial charge in [0.1, 0.15) is 0 Å². The molecule has 1 aliphatic carbocycles. The van der Waals surface area contributed by atoms with Crippen LogP contribution in [0.25, 0.3) is 0 Å². The Hall–Kier alpha value is -1.55. The van der Waals surface area contributed by atoms with Crippen molar-refractivity contribution in [2.24, 2.45) is 5.41 Å². The van der Waals surface area contributed by atoms with Gasteiger partial charge in [0.25, 0.3) is 0 Å². The molecule has 0 aliphatic heterocycles. The third kappa shape index (κ3) is 3.07. The van der Waals surface area contributed by atoms with E-state index in [1.807, 2.05) is 6.07 Å². The van der Waals surface area contributed by atoms with E-state index < -0.39 is 11.4 Å². The highest BCUT2D eigenvalue weighted by Gasteiger charge is 2.44. The van der Waals surface area contributed by atoms with Gasteiger partial charge in [0.2, 0.25) is 5.91 Å². The van der Waals surface area contributed by atoms with E-state index >= 15 is 0 Å². The minimum atomic E-state index is -0.822. The number of carboxylic acids is 1. The molecule has 0 radical (unpaired) electrons. The van der Waals surface area contributed by atoms with Gasteiger partial charge in [-0.25, -0.2) is 0 Å². The third-order valence-electron chi connectivity index (χ3n) is 3.70. The van der Waals surface area contributed by atoms with E-state index in [0.29, 0.717) is 17.9 Å². The largest absolute Gasteiger partial charge is 0.481 e. The van der Waals surface area contributed by atoms with Crippen LogP contribution < -0.4 is 5.32 Å². The van der Waals surface area contributed by atoms with Gasteiger partial charge in [0, 0.05) is 11.6 Å². The number of rotatable bonds is 5. The fraction of sp³-hybridized carbons (Fsp3) is 0.429. The predicted molar refractivity (Wildman–Crippen MR) is 72.1 cm³/mol. The molecule has 0 aromatic heterocycles. The maximum absolute atomic E-state index is 11.8. The Morgan fingerprint density at radius 2 is 2.00 bits per heavy atom. The normalized spacial score (nSPS) is 16.5. The number of benzene rings is 1. The summed E-state index contributed by atoms with van der Waals surface area (Å²) >= 11 is 5.97. The van der Waals surface area contributed by atoms with Crippen molar-refractivity contribution in [3.05, 3.63) is 34.9 Å². The monoisotopic (exact) mass is 281 g/mol. The number of carbonyl (C=O) groups excluding carboxylic acids is 1. The molecular formula is C14H16ClNO3. The van der Waals surface area contributed by atoms with Crippen LogP contribution in [0.1, 0.15) is 24.8 Å². The average Bonchev–Trinajstić information content (AvgIpc) is 2.30. The molecule has 2 N–H and O–H groups in total. The smallest absolute Gasteiger partial charge is 0.311 e. The molecule has 1 aromatic rings. The number of aliphatic carboxylic acids is 1. The minimum absolute atomic E-state index is 0.176. The summed E-state index contributed by atoms with van der Waals surface area (Å²) in [5.41, 5.74) is -0.00415. The van der Waals surface area contributed by atoms with Gasteiger partial charge in [0.15, 0.2) is 0 Å². The molecule has 0 saturated heterocycles. The second kappa shape index (κ2) is 5.61. The molecule has 1 aromatic carbocycles. The summed E-state index contributed by atoms with van der Waals surface area (Å²) < 4.78 is 0. The Kier molecular flexibility index (Phi) is 4.10. The first-order valence-electron chi connectivity index (χ1n) is 6.27. The second-order valence-electron chi connectivity index (χ2n) is 4.98. The SMILES string of the molecule is O=C(Cc1ccccc1Cl)NCC1(C(=O)O)CCC1. The number of hydrogen-bond acceptors (Lipinski definition) is 2. The molecule has 0 heterocycles. The highest BCUT2D eigenvalue weighted by atomic mass is 35.5. The van der Waals surface area contributed by atoms with Gasteiger partial charge in [-0.3, -0.25) is 9.59 Å². The van der Waals surface area contributed by atoms with Crippen molar-refractivity contribution in [1.82, 2.24) is 5.32 Å². The first-order chi connectivity index (χ1) is 9.03. The Morgan fingerprint density at radius 3 is 2.53 bits per heavy atom. The summed E-state index contributed by atoms with van der Waals surface area (Å²) in [6.07, 6.45) is 2.35. The average molecular weight is 282 g/mol. The van der Waals surface area contributed by atoms with Crippen LogP contribution in [0.15, 0.2) is 24.3 Å². The molecule has 102 valence electrons. The maximum atomic E-state index is 11.8. The van der Waals surface area contributed by atoms with Gasteiger partial charge in [-0.1, -0.05) is 36.2 Å². The number of nitrogens with one attached hydrogen (secondary N) is 1. The van der Waals surface area contributed by atoms with Gasteiger partial charge in [0.05, 0.1) is 11.8 Å². The fourth-order valence-electron chi connectivity index (χ4n) is 2.21. The van der Waals surface area contributed by atoms with E-state index in [9.17, 15) is 9.59 Å². The van der Waals surface area contributed by atoms with Crippen molar-refractivity contribution in [2.45, 2.75) is 25.7 Å². The van der Waals surface area contributed by atoms with E-state index in [0.717, 1.165) is 12.0 Å². The van der Waals surface area contributed by atoms with Crippen LogP contribution in [0.3, 0.4) is 0 Å². The summed E-state index contributed by atoms with van der Waals surface area (Å²) in [6.45, 7) is 0.200. The number of carboxylic acid groups (broad SMARTS) is 1. The van der Waals surface area contributed by atoms with E-state index in [1.54, 1.807) is 18.2 Å². The zero-order chi connectivity index (χ0) is 13.9. The van der Waals surface area contributed by atoms with Gasteiger partial charge < -0.3 is 10.4 Å². The summed E-state index contributed by atoms with van der Waals surface area (Å²) in [6, 6.07) is 7.14. The molecule has 19 heavy (non-hydrogen) atoms. The molecule has 1 fully saturated rings. The lowest BCUT2D eigenvalue weighted by Crippen LogP contribution is -2.47. The Balaban J connectivity index is 1.89. The summed E-state index contributed by atoms with van der Waals surface area (Å²) in [5, 5.41) is 12.4. The standard InChI is InChI=1S/C14H16ClNO3/c15-11-5-2-1-4-10(11)8-12(17)16-9-14(13(18)19)6-3-7-14/h1-2,4-5H,3,6-9H2,(H,16,17)(H,18,19). The fourth-order valence-corrected chi connectivity index (χ4v) is 2.42. The molecule has 4 nitrogen and oxygen atoms in total. The molecule has 2 rings (SSSR count). The molecular weight excluding hydrogens is 266 g/mol. The minimum Gasteiger partial charge on any atom is -0.481 e. The predicted octanol–water partition coefficient (Wildman–Crippen LogP) is 2.25. The topological polar surface area (TPSA) is 66.4 Å². The van der Waals surface area contributed by atoms with E-state index in [1.165, 1.54) is 0 Å². The lowest BCUT2D eigenvalue weighted by Gasteiger charge is -2.37. The van der Waals surface area contributed by atoms with Crippen molar-refractivity contribution in [2.75, 3.05) is 6.54 Å². The first-order valence-corrected chi connectivity index (χ1v) is 6.65. The van der Waals surface area contributed by atoms with Crippen LogP contribution in [0, 0.1) is 5.41 Å². The highest BCUT2D eigenvalue weighted by molar-refractivity contribution is 6.31. The van der Waals surface area contributed by atoms with Gasteiger partial charge in [-0.05, 0) is 24.5 Å². The molecule has 5 heteroatoms. The number of amides is 1. The van der Waals surface area contributed by atoms with Crippen LogP contribution in [-0.4, -0.2) is 23.5 Å². The molecule has 1 saturated carbocycles. The van der Waals surface area contributed by atoms with Gasteiger partial charge in [-0.2, -0.15) is 0 Å². The van der Waals surface area contributed by atoms with Crippen molar-refractivity contribution in [1.29, 1.82) is 0 Å². The Labute approximate surface area is 116 Å². The molecule has 0 atom stereocenters. The maximum Gasteiger partial charge on any atom is 0.311 e. The lowest BCUT2D eigenvalue weighted by atomic mass is 9.69. The Morgan fingerprint density at radius 1 is 1.32 bits per heavy atom. The number of carbonyl (C=O) groups is 2. The summed E-state index contributed by atoms with van der Waals surface area (Å²) in [4.78, 5) is 23.0. The van der Waals surface area contributed by atoms with Gasteiger partial charge >= 0.3 is 5.97 Å². The summed E-state index contributed by atoms with van der Waals surface area (Å²) in [7, 11) is 0. The van der Waals surface area contributed by atoms with Crippen LogP contribution in [0.4, 0.5) is 0 Å². The van der Waals surface area contributed by atoms with E-state index in [2.05, 4.69) is 5.32 Å². The molecule has 0 spiro atoms. The number of halogens is 1. The van der Waals surface area contributed by atoms with Crippen molar-refractivity contribution in [3.63, 3.8) is 0 Å². The van der Waals surface area contributed by atoms with E-state index in [4.69, 9.17) is 16.7 Å². The highest BCUT2D eigenvalue weighted by Crippen LogP contribution is 2.40. The van der Waals surface area contributed by atoms with Crippen LogP contribution in [-0.2, 0) is 16.0 Å². The second-order valence-corrected chi connectivity index (χ2v) is 5.39. The van der Waals surface area contributed by atoms with Crippen LogP contribution >= 0.6 is 11.6 Å². The third-order valence-corrected chi connectivity index (χ3v) is 4.07. The molecule has 1 aliphatic rings. The van der Waals surface area contributed by atoms with Gasteiger partial charge in [-0.15, -0.1) is 0 Å². The first kappa shape index (κ1) is 13.9. The lowest BCUT2D eigenvalue weighted by molar-refractivity contribution is -0.154. The zero-order valence-electron chi connectivity index (χ0n) is 10.5. The quantitative estimate of drug-likeness (QED) is 0.870. The van der Waals surface area contributed by atoms with E-state index in [-0.39, 0.29) is 18.9 Å². The van der Waals surface area contributed by atoms with Crippen LogP contribution in [0.5, 0.6) is 0 Å².